The lowest BCUT2D eigenvalue weighted by molar-refractivity contribution is 0.0987. The van der Waals surface area contributed by atoms with Gasteiger partial charge in [-0.05, 0) is 41.1 Å². The average molecular weight is 402 g/mol. The van der Waals surface area contributed by atoms with Crippen molar-refractivity contribution in [3.05, 3.63) is 44.1 Å². The summed E-state index contributed by atoms with van der Waals surface area (Å²) in [7, 11) is 3.39. The van der Waals surface area contributed by atoms with Gasteiger partial charge in [0.2, 0.25) is 0 Å². The molecule has 0 aliphatic carbocycles. The van der Waals surface area contributed by atoms with Crippen LogP contribution in [-0.2, 0) is 13.5 Å². The molecule has 1 heterocycles. The number of halogens is 2. The normalized spacial score (nSPS) is 10.7. The van der Waals surface area contributed by atoms with Gasteiger partial charge < -0.3 is 4.74 Å². The number of aromatic nitrogens is 2. The van der Waals surface area contributed by atoms with Gasteiger partial charge in [-0.25, -0.2) is 0 Å². The summed E-state index contributed by atoms with van der Waals surface area (Å²) >= 11 is 6.84. The van der Waals surface area contributed by atoms with E-state index >= 15 is 0 Å². The summed E-state index contributed by atoms with van der Waals surface area (Å²) in [6, 6.07) is 5.39. The quantitative estimate of drug-likeness (QED) is 0.734. The van der Waals surface area contributed by atoms with Crippen molar-refractivity contribution in [1.82, 2.24) is 9.78 Å². The van der Waals surface area contributed by atoms with E-state index in [1.165, 1.54) is 0 Å². The summed E-state index contributed by atoms with van der Waals surface area (Å²) in [5.41, 5.74) is 2.30. The number of nitrogens with zero attached hydrogens (tertiary/aromatic N) is 2. The Balaban J connectivity index is 2.33. The van der Waals surface area contributed by atoms with E-state index in [9.17, 15) is 4.79 Å². The maximum atomic E-state index is 12.5. The summed E-state index contributed by atoms with van der Waals surface area (Å²) in [4.78, 5) is 12.5. The number of rotatable bonds is 4. The zero-order valence-electron chi connectivity index (χ0n) is 11.4. The maximum absolute atomic E-state index is 12.5. The molecule has 106 valence electrons. The molecule has 0 amide bonds. The minimum Gasteiger partial charge on any atom is -0.496 e. The summed E-state index contributed by atoms with van der Waals surface area (Å²) < 4.78 is 8.75. The molecule has 1 aromatic heterocycles. The second kappa shape index (κ2) is 6.10. The molecule has 0 saturated heterocycles. The molecule has 0 fully saturated rings. The zero-order chi connectivity index (χ0) is 14.9. The smallest absolute Gasteiger partial charge is 0.172 e. The Morgan fingerprint density at radius 1 is 1.40 bits per heavy atom. The fourth-order valence-electron chi connectivity index (χ4n) is 2.01. The van der Waals surface area contributed by atoms with Crippen LogP contribution >= 0.6 is 31.9 Å². The van der Waals surface area contributed by atoms with E-state index in [0.717, 1.165) is 20.3 Å². The van der Waals surface area contributed by atoms with E-state index in [0.29, 0.717) is 11.3 Å². The predicted octanol–water partition coefficient (Wildman–Crippen LogP) is 3.69. The van der Waals surface area contributed by atoms with Crippen LogP contribution < -0.4 is 4.74 Å². The molecule has 1 aromatic carbocycles. The monoisotopic (exact) mass is 400 g/mol. The predicted molar refractivity (Wildman–Crippen MR) is 84.4 cm³/mol. The molecule has 4 nitrogen and oxygen atoms in total. The number of ether oxygens (including phenoxy) is 1. The van der Waals surface area contributed by atoms with Crippen molar-refractivity contribution < 1.29 is 9.53 Å². The first-order valence-corrected chi connectivity index (χ1v) is 7.57. The zero-order valence-corrected chi connectivity index (χ0v) is 14.6. The fraction of sp³-hybridized carbons (Fsp3) is 0.286. The van der Waals surface area contributed by atoms with Crippen LogP contribution in [0.5, 0.6) is 5.75 Å². The van der Waals surface area contributed by atoms with Crippen molar-refractivity contribution >= 4 is 37.6 Å². The number of methoxy groups -OCH3 is 1. The third-order valence-electron chi connectivity index (χ3n) is 3.05. The third-order valence-corrected chi connectivity index (χ3v) is 4.58. The van der Waals surface area contributed by atoms with Gasteiger partial charge in [-0.3, -0.25) is 9.48 Å². The van der Waals surface area contributed by atoms with Crippen molar-refractivity contribution in [3.63, 3.8) is 0 Å². The number of aryl methyl sites for hydroxylation is 2. The molecule has 6 heteroatoms. The molecule has 0 N–H and O–H groups in total. The molecule has 0 aliphatic heterocycles. The van der Waals surface area contributed by atoms with E-state index in [4.69, 9.17) is 4.74 Å². The van der Waals surface area contributed by atoms with Crippen LogP contribution in [0, 0.1) is 6.92 Å². The minimum atomic E-state index is -0.00181. The van der Waals surface area contributed by atoms with Crippen LogP contribution in [-0.4, -0.2) is 22.7 Å². The van der Waals surface area contributed by atoms with Gasteiger partial charge in [-0.15, -0.1) is 0 Å². The molecule has 0 atom stereocenters. The lowest BCUT2D eigenvalue weighted by Gasteiger charge is -2.08. The first-order valence-electron chi connectivity index (χ1n) is 5.98. The minimum absolute atomic E-state index is 0.00181. The van der Waals surface area contributed by atoms with Gasteiger partial charge >= 0.3 is 0 Å². The highest BCUT2D eigenvalue weighted by Crippen LogP contribution is 2.27. The van der Waals surface area contributed by atoms with E-state index in [1.54, 1.807) is 23.9 Å². The van der Waals surface area contributed by atoms with Gasteiger partial charge in [0.05, 0.1) is 35.0 Å². The number of ketones is 1. The Hall–Kier alpha value is -1.14. The van der Waals surface area contributed by atoms with Gasteiger partial charge in [0.15, 0.2) is 5.78 Å². The Labute approximate surface area is 134 Å². The summed E-state index contributed by atoms with van der Waals surface area (Å²) in [6.07, 6.45) is 0.274. The highest BCUT2D eigenvalue weighted by molar-refractivity contribution is 9.10. The van der Waals surface area contributed by atoms with Crippen LogP contribution in [0.15, 0.2) is 27.1 Å². The lowest BCUT2D eigenvalue weighted by atomic mass is 10.1. The van der Waals surface area contributed by atoms with Crippen molar-refractivity contribution in [3.8, 4) is 5.75 Å². The second-order valence-corrected chi connectivity index (χ2v) is 6.12. The van der Waals surface area contributed by atoms with Crippen LogP contribution in [0.4, 0.5) is 0 Å². The first kappa shape index (κ1) is 15.3. The van der Waals surface area contributed by atoms with E-state index in [-0.39, 0.29) is 12.2 Å². The van der Waals surface area contributed by atoms with Gasteiger partial charge in [0.25, 0.3) is 0 Å². The average Bonchev–Trinajstić information content (AvgIpc) is 2.65. The molecule has 0 bridgehead atoms. The Bertz CT molecular complexity index is 665. The molecule has 0 spiro atoms. The largest absolute Gasteiger partial charge is 0.496 e. The number of Topliss-reactive ketones (excluding diaryl/α,β-unsaturated/α-hetero) is 1. The molecule has 0 aliphatic rings. The Morgan fingerprint density at radius 2 is 2.10 bits per heavy atom. The van der Waals surface area contributed by atoms with Crippen molar-refractivity contribution in [1.29, 1.82) is 0 Å². The standard InChI is InChI=1S/C14H14Br2N2O2/c1-8-14(16)11(18(2)17-8)7-12(19)10-5-4-9(15)6-13(10)20-3/h4-6H,7H2,1-3H3. The highest BCUT2D eigenvalue weighted by Gasteiger charge is 2.18. The fourth-order valence-corrected chi connectivity index (χ4v) is 2.83. The van der Waals surface area contributed by atoms with Gasteiger partial charge in [0.1, 0.15) is 5.75 Å². The van der Waals surface area contributed by atoms with Crippen molar-refractivity contribution in [2.75, 3.05) is 7.11 Å². The Kier molecular flexibility index (Phi) is 4.65. The number of carbonyl (C=O) groups excluding carboxylic acids is 1. The van der Waals surface area contributed by atoms with E-state index < -0.39 is 0 Å². The van der Waals surface area contributed by atoms with Gasteiger partial charge in [0, 0.05) is 11.5 Å². The van der Waals surface area contributed by atoms with Crippen molar-refractivity contribution in [2.45, 2.75) is 13.3 Å². The Morgan fingerprint density at radius 3 is 2.65 bits per heavy atom. The summed E-state index contributed by atoms with van der Waals surface area (Å²) in [5, 5.41) is 4.29. The van der Waals surface area contributed by atoms with E-state index in [2.05, 4.69) is 37.0 Å². The molecule has 0 saturated carbocycles. The molecule has 0 radical (unpaired) electrons. The van der Waals surface area contributed by atoms with Crippen LogP contribution in [0.3, 0.4) is 0 Å². The first-order chi connectivity index (χ1) is 9.43. The lowest BCUT2D eigenvalue weighted by Crippen LogP contribution is -2.09. The summed E-state index contributed by atoms with van der Waals surface area (Å²) in [6.45, 7) is 1.90. The molecule has 2 rings (SSSR count). The van der Waals surface area contributed by atoms with Crippen LogP contribution in [0.2, 0.25) is 0 Å². The maximum Gasteiger partial charge on any atom is 0.172 e. The topological polar surface area (TPSA) is 44.1 Å². The number of carbonyl (C=O) groups is 1. The van der Waals surface area contributed by atoms with Gasteiger partial charge in [-0.1, -0.05) is 15.9 Å². The van der Waals surface area contributed by atoms with E-state index in [1.807, 2.05) is 20.0 Å². The van der Waals surface area contributed by atoms with Gasteiger partial charge in [-0.2, -0.15) is 5.10 Å². The van der Waals surface area contributed by atoms with Crippen LogP contribution in [0.25, 0.3) is 0 Å². The second-order valence-electron chi connectivity index (χ2n) is 4.41. The number of benzene rings is 1. The highest BCUT2D eigenvalue weighted by atomic mass is 79.9. The molecular weight excluding hydrogens is 388 g/mol. The molecule has 20 heavy (non-hydrogen) atoms. The molecule has 0 unspecified atom stereocenters. The summed E-state index contributed by atoms with van der Waals surface area (Å²) in [5.74, 6) is 0.567. The SMILES string of the molecule is COc1cc(Br)ccc1C(=O)Cc1c(Br)c(C)nn1C. The third kappa shape index (κ3) is 2.96. The number of hydrogen-bond acceptors (Lipinski definition) is 3. The molecule has 2 aromatic rings. The van der Waals surface area contributed by atoms with Crippen LogP contribution in [0.1, 0.15) is 21.7 Å². The number of hydrogen-bond donors (Lipinski definition) is 0. The molecular formula is C14H14Br2N2O2. The van der Waals surface area contributed by atoms with Crippen molar-refractivity contribution in [2.24, 2.45) is 7.05 Å².